The molecule has 5 heteroatoms. The van der Waals surface area contributed by atoms with Crippen LogP contribution in [0, 0.1) is 0 Å². The molecule has 1 aromatic carbocycles. The first-order valence-corrected chi connectivity index (χ1v) is 7.44. The number of hydrogen-bond acceptors (Lipinski definition) is 5. The van der Waals surface area contributed by atoms with Gasteiger partial charge in [-0.05, 0) is 30.5 Å². The van der Waals surface area contributed by atoms with Gasteiger partial charge in [0.25, 0.3) is 0 Å². The lowest BCUT2D eigenvalue weighted by atomic mass is 9.66. The predicted molar refractivity (Wildman–Crippen MR) is 74.1 cm³/mol. The van der Waals surface area contributed by atoms with Gasteiger partial charge in [0.1, 0.15) is 6.23 Å². The van der Waals surface area contributed by atoms with Gasteiger partial charge in [0, 0.05) is 23.6 Å². The van der Waals surface area contributed by atoms with E-state index in [1.54, 1.807) is 0 Å². The van der Waals surface area contributed by atoms with Gasteiger partial charge in [0.15, 0.2) is 11.5 Å². The highest BCUT2D eigenvalue weighted by atomic mass is 16.7. The SMILES string of the molecule is O[C@@H]1c2cc3c(cc2[C@]24C=C[C@H](O)C[C@H]2N1CC4)OCO3. The maximum Gasteiger partial charge on any atom is 0.231 e. The Balaban J connectivity index is 1.77. The maximum absolute atomic E-state index is 10.7. The number of hydrogen-bond donors (Lipinski definition) is 2. The molecule has 5 atom stereocenters. The molecule has 2 N–H and O–H groups in total. The third kappa shape index (κ3) is 1.36. The smallest absolute Gasteiger partial charge is 0.231 e. The Morgan fingerprint density at radius 1 is 1.19 bits per heavy atom. The number of rotatable bonds is 0. The average molecular weight is 287 g/mol. The summed E-state index contributed by atoms with van der Waals surface area (Å²) in [6.07, 6.45) is 4.61. The van der Waals surface area contributed by atoms with E-state index in [4.69, 9.17) is 9.47 Å². The van der Waals surface area contributed by atoms with Crippen molar-refractivity contribution in [2.45, 2.75) is 36.6 Å². The van der Waals surface area contributed by atoms with Gasteiger partial charge in [-0.25, -0.2) is 0 Å². The van der Waals surface area contributed by atoms with Crippen LogP contribution in [0.4, 0.5) is 0 Å². The van der Waals surface area contributed by atoms with Gasteiger partial charge < -0.3 is 19.7 Å². The van der Waals surface area contributed by atoms with E-state index in [1.807, 2.05) is 18.2 Å². The molecule has 5 nitrogen and oxygen atoms in total. The zero-order valence-corrected chi connectivity index (χ0v) is 11.5. The lowest BCUT2D eigenvalue weighted by Crippen LogP contribution is -2.51. The number of benzene rings is 1. The molecule has 0 amide bonds. The highest BCUT2D eigenvalue weighted by Crippen LogP contribution is 2.56. The van der Waals surface area contributed by atoms with Crippen LogP contribution in [0.2, 0.25) is 0 Å². The van der Waals surface area contributed by atoms with E-state index < -0.39 is 12.3 Å². The Hall–Kier alpha value is -1.56. The molecule has 5 rings (SSSR count). The van der Waals surface area contributed by atoms with Crippen LogP contribution < -0.4 is 9.47 Å². The van der Waals surface area contributed by atoms with Crippen molar-refractivity contribution in [3.8, 4) is 11.5 Å². The molecule has 1 saturated heterocycles. The number of aliphatic hydroxyl groups is 2. The third-order valence-corrected chi connectivity index (χ3v) is 5.50. The fourth-order valence-electron chi connectivity index (χ4n) is 4.51. The van der Waals surface area contributed by atoms with Gasteiger partial charge in [-0.1, -0.05) is 12.2 Å². The molecule has 110 valence electrons. The molecule has 1 fully saturated rings. The van der Waals surface area contributed by atoms with Crippen molar-refractivity contribution in [3.63, 3.8) is 0 Å². The van der Waals surface area contributed by atoms with E-state index in [1.165, 1.54) is 0 Å². The summed E-state index contributed by atoms with van der Waals surface area (Å²) in [4.78, 5) is 2.11. The number of aliphatic hydroxyl groups excluding tert-OH is 2. The summed E-state index contributed by atoms with van der Waals surface area (Å²) in [6, 6.07) is 4.09. The van der Waals surface area contributed by atoms with Crippen molar-refractivity contribution in [2.75, 3.05) is 13.3 Å². The lowest BCUT2D eigenvalue weighted by molar-refractivity contribution is -0.0364. The zero-order chi connectivity index (χ0) is 14.2. The Bertz CT molecular complexity index is 658. The fraction of sp³-hybridized carbons (Fsp3) is 0.500. The molecule has 3 heterocycles. The normalized spacial score (nSPS) is 41.8. The zero-order valence-electron chi connectivity index (χ0n) is 11.5. The van der Waals surface area contributed by atoms with E-state index in [-0.39, 0.29) is 18.2 Å². The summed E-state index contributed by atoms with van der Waals surface area (Å²) in [5.74, 6) is 1.47. The van der Waals surface area contributed by atoms with Gasteiger partial charge >= 0.3 is 0 Å². The van der Waals surface area contributed by atoms with E-state index in [9.17, 15) is 10.2 Å². The number of nitrogens with zero attached hydrogens (tertiary/aromatic N) is 1. The summed E-state index contributed by atoms with van der Waals surface area (Å²) >= 11 is 0. The lowest BCUT2D eigenvalue weighted by Gasteiger charge is -2.47. The molecule has 0 saturated carbocycles. The molecule has 1 aliphatic carbocycles. The van der Waals surface area contributed by atoms with Crippen LogP contribution in [0.3, 0.4) is 0 Å². The molecule has 1 unspecified atom stereocenters. The molecule has 0 spiro atoms. The van der Waals surface area contributed by atoms with Crippen molar-refractivity contribution in [3.05, 3.63) is 35.4 Å². The molecule has 4 aliphatic rings. The molecule has 3 aliphatic heterocycles. The van der Waals surface area contributed by atoms with Crippen LogP contribution in [0.15, 0.2) is 24.3 Å². The summed E-state index contributed by atoms with van der Waals surface area (Å²) in [5, 5.41) is 20.7. The maximum atomic E-state index is 10.7. The Morgan fingerprint density at radius 2 is 2.00 bits per heavy atom. The molecule has 1 aromatic rings. The standard InChI is InChI=1S/C16H17NO4/c18-9-1-2-16-3-4-17(14(16)5-9)15(19)10-6-12-13(7-11(10)16)21-8-20-12/h1-2,6-7,9,14-15,18-19H,3-5,8H2/t9-,14+,15+,16+/m0/s1. The topological polar surface area (TPSA) is 62.2 Å². The van der Waals surface area contributed by atoms with Crippen molar-refractivity contribution < 1.29 is 19.7 Å². The Kier molecular flexibility index (Phi) is 2.17. The molecular weight excluding hydrogens is 270 g/mol. The van der Waals surface area contributed by atoms with Gasteiger partial charge in [-0.2, -0.15) is 0 Å². The fourth-order valence-corrected chi connectivity index (χ4v) is 4.51. The summed E-state index contributed by atoms with van der Waals surface area (Å²) in [5.41, 5.74) is 1.92. The first kappa shape index (κ1) is 12.0. The van der Waals surface area contributed by atoms with Crippen LogP contribution in [-0.4, -0.2) is 40.6 Å². The summed E-state index contributed by atoms with van der Waals surface area (Å²) in [7, 11) is 0. The highest BCUT2D eigenvalue weighted by molar-refractivity contribution is 5.56. The van der Waals surface area contributed by atoms with Crippen LogP contribution in [0.5, 0.6) is 11.5 Å². The highest BCUT2D eigenvalue weighted by Gasteiger charge is 2.56. The first-order valence-electron chi connectivity index (χ1n) is 7.44. The monoisotopic (exact) mass is 287 g/mol. The van der Waals surface area contributed by atoms with Gasteiger partial charge in [-0.15, -0.1) is 0 Å². The molecule has 2 bridgehead atoms. The summed E-state index contributed by atoms with van der Waals surface area (Å²) in [6.45, 7) is 1.08. The molecule has 0 aromatic heterocycles. The van der Waals surface area contributed by atoms with Crippen LogP contribution in [0.1, 0.15) is 30.2 Å². The van der Waals surface area contributed by atoms with E-state index in [2.05, 4.69) is 11.0 Å². The second-order valence-electron chi connectivity index (χ2n) is 6.37. The van der Waals surface area contributed by atoms with Crippen molar-refractivity contribution in [1.29, 1.82) is 0 Å². The minimum atomic E-state index is -0.631. The number of ether oxygens (including phenoxy) is 2. The Morgan fingerprint density at radius 3 is 2.86 bits per heavy atom. The van der Waals surface area contributed by atoms with Gasteiger partial charge in [0.2, 0.25) is 6.79 Å². The van der Waals surface area contributed by atoms with E-state index in [0.29, 0.717) is 12.2 Å². The second-order valence-corrected chi connectivity index (χ2v) is 6.37. The molecule has 0 radical (unpaired) electrons. The van der Waals surface area contributed by atoms with Crippen molar-refractivity contribution in [1.82, 2.24) is 4.90 Å². The van der Waals surface area contributed by atoms with Crippen LogP contribution in [0.25, 0.3) is 0 Å². The third-order valence-electron chi connectivity index (χ3n) is 5.50. The quantitative estimate of drug-likeness (QED) is 0.699. The Labute approximate surface area is 122 Å². The van der Waals surface area contributed by atoms with Crippen LogP contribution >= 0.6 is 0 Å². The summed E-state index contributed by atoms with van der Waals surface area (Å²) < 4.78 is 11.0. The van der Waals surface area contributed by atoms with E-state index >= 15 is 0 Å². The molecule has 21 heavy (non-hydrogen) atoms. The minimum Gasteiger partial charge on any atom is -0.454 e. The van der Waals surface area contributed by atoms with E-state index in [0.717, 1.165) is 29.8 Å². The van der Waals surface area contributed by atoms with Gasteiger partial charge in [0.05, 0.1) is 6.10 Å². The van der Waals surface area contributed by atoms with Crippen molar-refractivity contribution >= 4 is 0 Å². The van der Waals surface area contributed by atoms with Gasteiger partial charge in [-0.3, -0.25) is 4.90 Å². The number of fused-ring (bicyclic) bond motifs is 2. The van der Waals surface area contributed by atoms with Crippen LogP contribution in [-0.2, 0) is 5.41 Å². The van der Waals surface area contributed by atoms with Crippen molar-refractivity contribution in [2.24, 2.45) is 0 Å². The largest absolute Gasteiger partial charge is 0.454 e. The molecular formula is C16H17NO4. The first-order chi connectivity index (χ1) is 10.2. The minimum absolute atomic E-state index is 0.116. The average Bonchev–Trinajstić information content (AvgIpc) is 3.06. The predicted octanol–water partition coefficient (Wildman–Crippen LogP) is 1.05. The second kappa shape index (κ2) is 3.80.